The van der Waals surface area contributed by atoms with Gasteiger partial charge in [-0.25, -0.2) is 8.42 Å². The van der Waals surface area contributed by atoms with Gasteiger partial charge in [-0.3, -0.25) is 13.9 Å². The number of ether oxygens (including phenoxy) is 1. The van der Waals surface area contributed by atoms with Gasteiger partial charge in [0, 0.05) is 12.6 Å². The van der Waals surface area contributed by atoms with Gasteiger partial charge in [0.15, 0.2) is 0 Å². The summed E-state index contributed by atoms with van der Waals surface area (Å²) in [6.07, 6.45) is 1.26. The van der Waals surface area contributed by atoms with E-state index in [9.17, 15) is 18.0 Å². The number of carbonyl (C=O) groups is 2. The highest BCUT2D eigenvalue weighted by atomic mass is 32.2. The fraction of sp³-hybridized carbons (Fsp3) is 0.333. The van der Waals surface area contributed by atoms with E-state index in [4.69, 9.17) is 4.74 Å². The van der Waals surface area contributed by atoms with E-state index >= 15 is 0 Å². The van der Waals surface area contributed by atoms with Gasteiger partial charge in [0.05, 0.1) is 17.7 Å². The Bertz CT molecular complexity index is 1320. The Balaban J connectivity index is 1.96. The summed E-state index contributed by atoms with van der Waals surface area (Å²) in [5, 5.41) is 2.94. The summed E-state index contributed by atoms with van der Waals surface area (Å²) < 4.78 is 33.8. The monoisotopic (exact) mass is 551 g/mol. The molecule has 0 saturated heterocycles. The van der Waals surface area contributed by atoms with Gasteiger partial charge >= 0.3 is 0 Å². The highest BCUT2D eigenvalue weighted by Gasteiger charge is 2.32. The molecule has 0 fully saturated rings. The van der Waals surface area contributed by atoms with E-state index in [1.807, 2.05) is 44.2 Å². The fourth-order valence-electron chi connectivity index (χ4n) is 4.03. The van der Waals surface area contributed by atoms with E-state index < -0.39 is 28.5 Å². The molecule has 0 aromatic heterocycles. The SMILES string of the molecule is CC[C@H](C)NC(=O)[C@@H](C)N(CCc1ccccc1)C(=O)CN(c1ccc(OC)cc1)S(=O)(=O)c1ccccc1. The summed E-state index contributed by atoms with van der Waals surface area (Å²) in [5.74, 6) is -0.206. The summed E-state index contributed by atoms with van der Waals surface area (Å²) >= 11 is 0. The average Bonchev–Trinajstić information content (AvgIpc) is 2.96. The molecular weight excluding hydrogens is 514 g/mol. The van der Waals surface area contributed by atoms with Gasteiger partial charge in [-0.05, 0) is 68.7 Å². The van der Waals surface area contributed by atoms with Crippen LogP contribution < -0.4 is 14.4 Å². The first-order valence-corrected chi connectivity index (χ1v) is 14.5. The van der Waals surface area contributed by atoms with Crippen LogP contribution in [0.3, 0.4) is 0 Å². The first-order chi connectivity index (χ1) is 18.7. The van der Waals surface area contributed by atoms with Crippen molar-refractivity contribution < 1.29 is 22.7 Å². The molecule has 8 nitrogen and oxygen atoms in total. The Kier molecular flexibility index (Phi) is 10.5. The highest BCUT2D eigenvalue weighted by Crippen LogP contribution is 2.26. The second-order valence-corrected chi connectivity index (χ2v) is 11.2. The smallest absolute Gasteiger partial charge is 0.264 e. The van der Waals surface area contributed by atoms with Crippen LogP contribution in [0.4, 0.5) is 5.69 Å². The van der Waals surface area contributed by atoms with Gasteiger partial charge in [-0.1, -0.05) is 55.5 Å². The lowest BCUT2D eigenvalue weighted by Gasteiger charge is -2.32. The number of rotatable bonds is 13. The van der Waals surface area contributed by atoms with Gasteiger partial charge in [0.1, 0.15) is 18.3 Å². The lowest BCUT2D eigenvalue weighted by molar-refractivity contribution is -0.139. The number of hydrogen-bond acceptors (Lipinski definition) is 5. The van der Waals surface area contributed by atoms with Crippen molar-refractivity contribution in [1.82, 2.24) is 10.2 Å². The normalized spacial score (nSPS) is 12.7. The molecule has 39 heavy (non-hydrogen) atoms. The van der Waals surface area contributed by atoms with Crippen molar-refractivity contribution in [3.05, 3.63) is 90.5 Å². The Morgan fingerprint density at radius 2 is 1.49 bits per heavy atom. The van der Waals surface area contributed by atoms with Gasteiger partial charge in [0.2, 0.25) is 11.8 Å². The van der Waals surface area contributed by atoms with Crippen LogP contribution in [0.15, 0.2) is 89.8 Å². The summed E-state index contributed by atoms with van der Waals surface area (Å²) in [6, 6.07) is 23.3. The van der Waals surface area contributed by atoms with E-state index in [2.05, 4.69) is 5.32 Å². The molecule has 0 heterocycles. The zero-order valence-corrected chi connectivity index (χ0v) is 23.7. The van der Waals surface area contributed by atoms with Crippen LogP contribution in [-0.4, -0.2) is 57.4 Å². The fourth-order valence-corrected chi connectivity index (χ4v) is 5.47. The number of nitrogens with one attached hydrogen (secondary N) is 1. The molecular formula is C30H37N3O5S. The highest BCUT2D eigenvalue weighted by molar-refractivity contribution is 7.92. The number of carbonyl (C=O) groups excluding carboxylic acids is 2. The molecule has 2 amide bonds. The molecule has 3 aromatic carbocycles. The largest absolute Gasteiger partial charge is 0.497 e. The molecule has 3 rings (SSSR count). The standard InChI is InChI=1S/C30H37N3O5S/c1-5-23(2)31-30(35)24(3)32(21-20-25-12-8-6-9-13-25)29(34)22-33(26-16-18-27(38-4)19-17-26)39(36,37)28-14-10-7-11-15-28/h6-19,23-24H,5,20-22H2,1-4H3,(H,31,35)/t23-,24+/m0/s1. The van der Waals surface area contributed by atoms with Crippen LogP contribution in [0.25, 0.3) is 0 Å². The maximum absolute atomic E-state index is 13.9. The molecule has 0 radical (unpaired) electrons. The second kappa shape index (κ2) is 13.8. The number of amides is 2. The van der Waals surface area contributed by atoms with E-state index in [1.54, 1.807) is 49.4 Å². The van der Waals surface area contributed by atoms with Crippen molar-refractivity contribution in [1.29, 1.82) is 0 Å². The zero-order chi connectivity index (χ0) is 28.4. The molecule has 9 heteroatoms. The van der Waals surface area contributed by atoms with Gasteiger partial charge in [-0.15, -0.1) is 0 Å². The Morgan fingerprint density at radius 3 is 2.05 bits per heavy atom. The van der Waals surface area contributed by atoms with Crippen LogP contribution in [0.5, 0.6) is 5.75 Å². The molecule has 0 unspecified atom stereocenters. The van der Waals surface area contributed by atoms with Crippen LogP contribution in [0.1, 0.15) is 32.8 Å². The Labute approximate surface area is 231 Å². The third-order valence-corrected chi connectivity index (χ3v) is 8.41. The lowest BCUT2D eigenvalue weighted by Crippen LogP contribution is -2.53. The minimum atomic E-state index is -4.09. The van der Waals surface area contributed by atoms with Crippen molar-refractivity contribution >= 4 is 27.5 Å². The first kappa shape index (κ1) is 29.7. The Hall–Kier alpha value is -3.85. The first-order valence-electron chi connectivity index (χ1n) is 13.0. The molecule has 0 aliphatic carbocycles. The van der Waals surface area contributed by atoms with Crippen molar-refractivity contribution in [2.45, 2.75) is 50.6 Å². The van der Waals surface area contributed by atoms with Crippen molar-refractivity contribution in [2.75, 3.05) is 24.5 Å². The molecule has 0 aliphatic rings. The van der Waals surface area contributed by atoms with E-state index in [0.29, 0.717) is 17.9 Å². The number of benzene rings is 3. The van der Waals surface area contributed by atoms with E-state index in [0.717, 1.165) is 16.3 Å². The summed E-state index contributed by atoms with van der Waals surface area (Å²) in [6.45, 7) is 5.32. The molecule has 0 aliphatic heterocycles. The zero-order valence-electron chi connectivity index (χ0n) is 22.9. The number of methoxy groups -OCH3 is 1. The van der Waals surface area contributed by atoms with Gasteiger partial charge in [-0.2, -0.15) is 0 Å². The molecule has 0 bridgehead atoms. The molecule has 3 aromatic rings. The summed E-state index contributed by atoms with van der Waals surface area (Å²) in [5.41, 5.74) is 1.32. The number of sulfonamides is 1. The van der Waals surface area contributed by atoms with Crippen LogP contribution in [0, 0.1) is 0 Å². The average molecular weight is 552 g/mol. The van der Waals surface area contributed by atoms with Gasteiger partial charge in [0.25, 0.3) is 10.0 Å². The maximum Gasteiger partial charge on any atom is 0.264 e. The number of hydrogen-bond donors (Lipinski definition) is 1. The summed E-state index contributed by atoms with van der Waals surface area (Å²) in [4.78, 5) is 28.5. The van der Waals surface area contributed by atoms with Crippen molar-refractivity contribution in [2.24, 2.45) is 0 Å². The quantitative estimate of drug-likeness (QED) is 0.342. The van der Waals surface area contributed by atoms with Crippen molar-refractivity contribution in [3.63, 3.8) is 0 Å². The minimum Gasteiger partial charge on any atom is -0.497 e. The number of nitrogens with zero attached hydrogens (tertiary/aromatic N) is 2. The third kappa shape index (κ3) is 7.83. The van der Waals surface area contributed by atoms with Crippen LogP contribution >= 0.6 is 0 Å². The molecule has 2 atom stereocenters. The van der Waals surface area contributed by atoms with Gasteiger partial charge < -0.3 is 15.0 Å². The second-order valence-electron chi connectivity index (χ2n) is 9.34. The molecule has 208 valence electrons. The van der Waals surface area contributed by atoms with Crippen LogP contribution in [0.2, 0.25) is 0 Å². The minimum absolute atomic E-state index is 0.0553. The summed E-state index contributed by atoms with van der Waals surface area (Å²) in [7, 11) is -2.57. The molecule has 0 spiro atoms. The van der Waals surface area contributed by atoms with Crippen LogP contribution in [-0.2, 0) is 26.0 Å². The van der Waals surface area contributed by atoms with E-state index in [1.165, 1.54) is 24.1 Å². The van der Waals surface area contributed by atoms with E-state index in [-0.39, 0.29) is 23.4 Å². The lowest BCUT2D eigenvalue weighted by atomic mass is 10.1. The van der Waals surface area contributed by atoms with Crippen molar-refractivity contribution in [3.8, 4) is 5.75 Å². The number of anilines is 1. The Morgan fingerprint density at radius 1 is 0.897 bits per heavy atom. The molecule has 1 N–H and O–H groups in total. The maximum atomic E-state index is 13.9. The topological polar surface area (TPSA) is 96.0 Å². The predicted octanol–water partition coefficient (Wildman–Crippen LogP) is 4.27. The molecule has 0 saturated carbocycles. The third-order valence-electron chi connectivity index (χ3n) is 6.62. The predicted molar refractivity (Wildman–Crippen MR) is 153 cm³/mol.